The van der Waals surface area contributed by atoms with Gasteiger partial charge in [-0.3, -0.25) is 10.1 Å². The fourth-order valence-corrected chi connectivity index (χ4v) is 3.91. The Hall–Kier alpha value is -4.07. The first-order chi connectivity index (χ1) is 16.5. The van der Waals surface area contributed by atoms with Crippen molar-refractivity contribution in [1.82, 2.24) is 10.2 Å². The second kappa shape index (κ2) is 10.7. The van der Waals surface area contributed by atoms with Crippen LogP contribution in [-0.4, -0.2) is 48.4 Å². The van der Waals surface area contributed by atoms with E-state index in [9.17, 15) is 14.9 Å². The molecule has 0 radical (unpaired) electrons. The number of amides is 1. The minimum absolute atomic E-state index is 0.0903. The smallest absolute Gasteiger partial charge is 0.343 e. The van der Waals surface area contributed by atoms with Crippen LogP contribution in [0.5, 0.6) is 5.75 Å². The standard InChI is InChI=1S/C24H21N5O4S/c1-16-2-6-18(7-3-16)22(31)33-20-8-4-17(5-9-20)14-19(15-25)21(30)26-23-27-28-24(34-23)29-10-12-32-13-11-29/h2-9,14H,10-13H2,1H3,(H,26,27,30)/b19-14-. The number of rotatable bonds is 6. The number of esters is 1. The zero-order chi connectivity index (χ0) is 23.9. The molecule has 9 nitrogen and oxygen atoms in total. The zero-order valence-corrected chi connectivity index (χ0v) is 19.2. The van der Waals surface area contributed by atoms with Gasteiger partial charge in [-0.1, -0.05) is 41.2 Å². The van der Waals surface area contributed by atoms with Gasteiger partial charge in [-0.25, -0.2) is 4.79 Å². The highest BCUT2D eigenvalue weighted by Gasteiger charge is 2.18. The Morgan fingerprint density at radius 3 is 2.50 bits per heavy atom. The largest absolute Gasteiger partial charge is 0.423 e. The molecule has 0 aliphatic carbocycles. The number of benzene rings is 2. The van der Waals surface area contributed by atoms with E-state index in [0.29, 0.717) is 53.4 Å². The van der Waals surface area contributed by atoms with Crippen LogP contribution >= 0.6 is 11.3 Å². The van der Waals surface area contributed by atoms with E-state index < -0.39 is 11.9 Å². The van der Waals surface area contributed by atoms with Crippen molar-refractivity contribution >= 4 is 39.6 Å². The fourth-order valence-electron chi connectivity index (χ4n) is 3.12. The van der Waals surface area contributed by atoms with Gasteiger partial charge >= 0.3 is 5.97 Å². The third-order valence-corrected chi connectivity index (χ3v) is 5.87. The molecule has 3 aromatic rings. The molecule has 0 bridgehead atoms. The van der Waals surface area contributed by atoms with Crippen LogP contribution in [0.3, 0.4) is 0 Å². The van der Waals surface area contributed by atoms with Gasteiger partial charge in [0.25, 0.3) is 5.91 Å². The number of aryl methyl sites for hydroxylation is 1. The lowest BCUT2D eigenvalue weighted by Crippen LogP contribution is -2.36. The summed E-state index contributed by atoms with van der Waals surface area (Å²) in [6.07, 6.45) is 1.45. The molecule has 2 heterocycles. The van der Waals surface area contributed by atoms with Gasteiger partial charge < -0.3 is 14.4 Å². The van der Waals surface area contributed by atoms with Crippen LogP contribution in [0.2, 0.25) is 0 Å². The average molecular weight is 476 g/mol. The van der Waals surface area contributed by atoms with E-state index in [1.54, 1.807) is 36.4 Å². The number of aromatic nitrogens is 2. The van der Waals surface area contributed by atoms with Crippen LogP contribution in [0.25, 0.3) is 6.08 Å². The summed E-state index contributed by atoms with van der Waals surface area (Å²) >= 11 is 1.24. The molecule has 0 saturated carbocycles. The summed E-state index contributed by atoms with van der Waals surface area (Å²) in [5, 5.41) is 21.2. The SMILES string of the molecule is Cc1ccc(C(=O)Oc2ccc(/C=C(/C#N)C(=O)Nc3nnc(N4CCOCC4)s3)cc2)cc1. The van der Waals surface area contributed by atoms with Gasteiger partial charge in [0.05, 0.1) is 18.8 Å². The Kier molecular flexibility index (Phi) is 7.27. The molecule has 0 spiro atoms. The molecule has 1 aliphatic heterocycles. The minimum Gasteiger partial charge on any atom is -0.423 e. The normalized spacial score (nSPS) is 13.8. The maximum absolute atomic E-state index is 12.6. The van der Waals surface area contributed by atoms with Gasteiger partial charge in [-0.2, -0.15) is 5.26 Å². The lowest BCUT2D eigenvalue weighted by atomic mass is 10.1. The van der Waals surface area contributed by atoms with E-state index in [-0.39, 0.29) is 5.57 Å². The van der Waals surface area contributed by atoms with Crippen molar-refractivity contribution in [1.29, 1.82) is 5.26 Å². The monoisotopic (exact) mass is 475 g/mol. The maximum atomic E-state index is 12.6. The zero-order valence-electron chi connectivity index (χ0n) is 18.4. The molecule has 1 aliphatic rings. The number of ether oxygens (including phenoxy) is 2. The van der Waals surface area contributed by atoms with Crippen molar-refractivity contribution in [3.63, 3.8) is 0 Å². The molecule has 1 aromatic heterocycles. The van der Waals surface area contributed by atoms with Crippen LogP contribution in [0.1, 0.15) is 21.5 Å². The molecule has 0 unspecified atom stereocenters. The van der Waals surface area contributed by atoms with Crippen LogP contribution in [-0.2, 0) is 9.53 Å². The van der Waals surface area contributed by atoms with Crippen LogP contribution in [0.4, 0.5) is 10.3 Å². The first-order valence-corrected chi connectivity index (χ1v) is 11.3. The second-order valence-corrected chi connectivity index (χ2v) is 8.39. The number of carbonyl (C=O) groups excluding carboxylic acids is 2. The summed E-state index contributed by atoms with van der Waals surface area (Å²) in [5.41, 5.74) is 2.01. The first kappa shape index (κ1) is 23.1. The summed E-state index contributed by atoms with van der Waals surface area (Å²) in [6, 6.07) is 15.5. The lowest BCUT2D eigenvalue weighted by molar-refractivity contribution is -0.112. The molecule has 10 heteroatoms. The highest BCUT2D eigenvalue weighted by Crippen LogP contribution is 2.25. The molecule has 34 heavy (non-hydrogen) atoms. The second-order valence-electron chi connectivity index (χ2n) is 7.44. The molecule has 1 amide bonds. The third kappa shape index (κ3) is 5.83. The van der Waals surface area contributed by atoms with Crippen molar-refractivity contribution in [3.8, 4) is 11.8 Å². The van der Waals surface area contributed by atoms with Gasteiger partial charge in [0.1, 0.15) is 17.4 Å². The number of anilines is 2. The number of nitrogens with zero attached hydrogens (tertiary/aromatic N) is 4. The predicted molar refractivity (Wildman–Crippen MR) is 128 cm³/mol. The summed E-state index contributed by atoms with van der Waals surface area (Å²) in [7, 11) is 0. The Balaban J connectivity index is 1.38. The molecular formula is C24H21N5O4S. The van der Waals surface area contributed by atoms with Crippen LogP contribution in [0.15, 0.2) is 54.1 Å². The Morgan fingerprint density at radius 1 is 1.12 bits per heavy atom. The van der Waals surface area contributed by atoms with Crippen molar-refractivity contribution in [3.05, 3.63) is 70.8 Å². The Morgan fingerprint density at radius 2 is 1.82 bits per heavy atom. The van der Waals surface area contributed by atoms with Crippen molar-refractivity contribution < 1.29 is 19.1 Å². The summed E-state index contributed by atoms with van der Waals surface area (Å²) in [4.78, 5) is 26.8. The van der Waals surface area contributed by atoms with Crippen molar-refractivity contribution in [2.45, 2.75) is 6.92 Å². The summed E-state index contributed by atoms with van der Waals surface area (Å²) < 4.78 is 10.7. The molecule has 4 rings (SSSR count). The number of hydrogen-bond acceptors (Lipinski definition) is 9. The first-order valence-electron chi connectivity index (χ1n) is 10.5. The van der Waals surface area contributed by atoms with Gasteiger partial charge in [0, 0.05) is 13.1 Å². The van der Waals surface area contributed by atoms with E-state index >= 15 is 0 Å². The predicted octanol–water partition coefficient (Wildman–Crippen LogP) is 3.45. The molecule has 1 fully saturated rings. The topological polar surface area (TPSA) is 117 Å². The van der Waals surface area contributed by atoms with E-state index in [1.807, 2.05) is 30.0 Å². The van der Waals surface area contributed by atoms with Gasteiger partial charge in [-0.15, -0.1) is 10.2 Å². The van der Waals surface area contributed by atoms with Crippen LogP contribution < -0.4 is 15.0 Å². The lowest BCUT2D eigenvalue weighted by Gasteiger charge is -2.25. The maximum Gasteiger partial charge on any atom is 0.343 e. The highest BCUT2D eigenvalue weighted by atomic mass is 32.1. The van der Waals surface area contributed by atoms with E-state index in [0.717, 1.165) is 5.56 Å². The molecular weight excluding hydrogens is 454 g/mol. The van der Waals surface area contributed by atoms with Crippen LogP contribution in [0, 0.1) is 18.3 Å². The molecule has 1 N–H and O–H groups in total. The van der Waals surface area contributed by atoms with Gasteiger partial charge in [0.15, 0.2) is 0 Å². The third-order valence-electron chi connectivity index (χ3n) is 4.97. The number of nitriles is 1. The number of nitrogens with one attached hydrogen (secondary N) is 1. The Bertz CT molecular complexity index is 1240. The minimum atomic E-state index is -0.581. The van der Waals surface area contributed by atoms with E-state index in [4.69, 9.17) is 9.47 Å². The van der Waals surface area contributed by atoms with E-state index in [2.05, 4.69) is 15.5 Å². The summed E-state index contributed by atoms with van der Waals surface area (Å²) in [5.74, 6) is -0.689. The molecule has 0 atom stereocenters. The quantitative estimate of drug-likeness (QED) is 0.249. The van der Waals surface area contributed by atoms with Gasteiger partial charge in [-0.05, 0) is 42.8 Å². The number of carbonyl (C=O) groups is 2. The Labute approximate surface area is 200 Å². The van der Waals surface area contributed by atoms with Crippen molar-refractivity contribution in [2.24, 2.45) is 0 Å². The molecule has 2 aromatic carbocycles. The average Bonchev–Trinajstić information content (AvgIpc) is 3.33. The van der Waals surface area contributed by atoms with E-state index in [1.165, 1.54) is 17.4 Å². The number of hydrogen-bond donors (Lipinski definition) is 1. The van der Waals surface area contributed by atoms with Gasteiger partial charge in [0.2, 0.25) is 10.3 Å². The fraction of sp³-hybridized carbons (Fsp3) is 0.208. The summed E-state index contributed by atoms with van der Waals surface area (Å²) in [6.45, 7) is 4.59. The highest BCUT2D eigenvalue weighted by molar-refractivity contribution is 7.19. The molecule has 172 valence electrons. The number of morpholine rings is 1. The van der Waals surface area contributed by atoms with Crippen molar-refractivity contribution in [2.75, 3.05) is 36.5 Å². The molecule has 1 saturated heterocycles.